The van der Waals surface area contributed by atoms with Crippen molar-refractivity contribution in [3.8, 4) is 0 Å². The lowest BCUT2D eigenvalue weighted by Gasteiger charge is -2.25. The summed E-state index contributed by atoms with van der Waals surface area (Å²) in [6.07, 6.45) is 0. The van der Waals surface area contributed by atoms with E-state index < -0.39 is 0 Å². The van der Waals surface area contributed by atoms with Gasteiger partial charge >= 0.3 is 0 Å². The summed E-state index contributed by atoms with van der Waals surface area (Å²) in [4.78, 5) is 13.7. The van der Waals surface area contributed by atoms with Gasteiger partial charge in [-0.15, -0.1) is 0 Å². The van der Waals surface area contributed by atoms with Gasteiger partial charge < -0.3 is 4.90 Å². The second kappa shape index (κ2) is 7.09. The highest BCUT2D eigenvalue weighted by Gasteiger charge is 2.20. The predicted molar refractivity (Wildman–Crippen MR) is 98.3 cm³/mol. The molecule has 0 atom stereocenters. The minimum atomic E-state index is -0.386. The van der Waals surface area contributed by atoms with Crippen LogP contribution < -0.4 is 4.90 Å². The first-order valence-electron chi connectivity index (χ1n) is 5.06. The van der Waals surface area contributed by atoms with E-state index in [0.717, 1.165) is 29.5 Å². The summed E-state index contributed by atoms with van der Waals surface area (Å²) in [6, 6.07) is 2.01. The van der Waals surface area contributed by atoms with Crippen LogP contribution in [0, 0.1) is 10.7 Å². The Kier molecular flexibility index (Phi) is 6.76. The zero-order chi connectivity index (χ0) is 13.2. The fourth-order valence-electron chi connectivity index (χ4n) is 1.59. The van der Waals surface area contributed by atoms with Crippen molar-refractivity contribution < 1.29 is 4.79 Å². The minimum absolute atomic E-state index is 0.386. The van der Waals surface area contributed by atoms with E-state index in [4.69, 9.17) is 11.6 Å². The van der Waals surface area contributed by atoms with Gasteiger partial charge in [-0.3, -0.25) is 4.79 Å². The van der Waals surface area contributed by atoms with E-state index in [-0.39, 0.29) is 5.24 Å². The maximum Gasteiger partial charge on any atom is 0.254 e. The average Bonchev–Trinajstić information content (AvgIpc) is 2.22. The first kappa shape index (κ1) is 16.2. The number of nitrogens with zero attached hydrogens (tertiary/aromatic N) is 1. The Hall–Kier alpha value is 1.17. The van der Waals surface area contributed by atoms with Gasteiger partial charge in [0.25, 0.3) is 5.24 Å². The van der Waals surface area contributed by atoms with Crippen molar-refractivity contribution in [3.63, 3.8) is 0 Å². The second-order valence-corrected chi connectivity index (χ2v) is 7.07. The second-order valence-electron chi connectivity index (χ2n) is 3.32. The largest absolute Gasteiger partial charge is 0.370 e. The molecule has 17 heavy (non-hydrogen) atoms. The summed E-state index contributed by atoms with van der Waals surface area (Å²) < 4.78 is 3.01. The molecule has 0 fully saturated rings. The zero-order valence-electron chi connectivity index (χ0n) is 9.36. The molecule has 0 aliphatic rings. The Balaban J connectivity index is 3.50. The summed E-state index contributed by atoms with van der Waals surface area (Å²) >= 11 is 12.3. The molecule has 1 aromatic rings. The molecular weight excluding hydrogens is 578 g/mol. The molecule has 0 saturated carbocycles. The van der Waals surface area contributed by atoms with Crippen molar-refractivity contribution >= 4 is 90.3 Å². The summed E-state index contributed by atoms with van der Waals surface area (Å²) in [6.45, 7) is 6.05. The molecule has 0 radical (unpaired) electrons. The van der Waals surface area contributed by atoms with Crippen molar-refractivity contribution in [2.24, 2.45) is 0 Å². The number of rotatable bonds is 4. The predicted octanol–water partition coefficient (Wildman–Crippen LogP) is 4.73. The van der Waals surface area contributed by atoms with Crippen LogP contribution >= 0.6 is 79.4 Å². The van der Waals surface area contributed by atoms with Crippen LogP contribution in [0.2, 0.25) is 0 Å². The molecule has 0 aromatic heterocycles. The number of hydrogen-bond acceptors (Lipinski definition) is 2. The minimum Gasteiger partial charge on any atom is -0.370 e. The van der Waals surface area contributed by atoms with E-state index in [0.29, 0.717) is 5.56 Å². The zero-order valence-corrected chi connectivity index (χ0v) is 16.6. The molecule has 1 aromatic carbocycles. The fourth-order valence-corrected chi connectivity index (χ4v) is 6.65. The Morgan fingerprint density at radius 1 is 1.24 bits per heavy atom. The highest BCUT2D eigenvalue weighted by Crippen LogP contribution is 2.34. The van der Waals surface area contributed by atoms with Crippen molar-refractivity contribution in [1.82, 2.24) is 0 Å². The molecule has 0 aliphatic carbocycles. The van der Waals surface area contributed by atoms with Gasteiger partial charge in [0, 0.05) is 20.2 Å². The van der Waals surface area contributed by atoms with E-state index in [9.17, 15) is 4.79 Å². The van der Waals surface area contributed by atoms with Crippen LogP contribution in [-0.2, 0) is 0 Å². The van der Waals surface area contributed by atoms with Gasteiger partial charge in [-0.05, 0) is 99.3 Å². The van der Waals surface area contributed by atoms with Crippen LogP contribution in [0.4, 0.5) is 5.69 Å². The van der Waals surface area contributed by atoms with Crippen molar-refractivity contribution in [1.29, 1.82) is 0 Å². The molecule has 94 valence electrons. The topological polar surface area (TPSA) is 20.3 Å². The molecule has 0 N–H and O–H groups in total. The van der Waals surface area contributed by atoms with Crippen molar-refractivity contribution in [3.05, 3.63) is 22.3 Å². The average molecular weight is 589 g/mol. The molecule has 6 heteroatoms. The summed E-state index contributed by atoms with van der Waals surface area (Å²) in [5.74, 6) is 0. The number of benzene rings is 1. The third-order valence-electron chi connectivity index (χ3n) is 2.42. The molecule has 0 unspecified atom stereocenters. The number of hydrogen-bond donors (Lipinski definition) is 0. The Labute approximate surface area is 147 Å². The summed E-state index contributed by atoms with van der Waals surface area (Å²) in [7, 11) is 0. The Bertz CT molecular complexity index is 447. The highest BCUT2D eigenvalue weighted by molar-refractivity contribution is 14.1. The molecule has 0 amide bonds. The maximum atomic E-state index is 11.5. The number of carbonyl (C=O) groups is 1. The molecule has 0 aliphatic heterocycles. The number of anilines is 1. The number of halogens is 4. The Morgan fingerprint density at radius 3 is 2.18 bits per heavy atom. The van der Waals surface area contributed by atoms with Crippen LogP contribution in [0.15, 0.2) is 6.07 Å². The van der Waals surface area contributed by atoms with Gasteiger partial charge in [0.2, 0.25) is 0 Å². The maximum absolute atomic E-state index is 11.5. The molecule has 2 nitrogen and oxygen atoms in total. The van der Waals surface area contributed by atoms with Crippen molar-refractivity contribution in [2.45, 2.75) is 13.8 Å². The molecule has 0 heterocycles. The normalized spacial score (nSPS) is 10.5. The summed E-state index contributed by atoms with van der Waals surface area (Å²) in [5, 5.41) is -0.386. The smallest absolute Gasteiger partial charge is 0.254 e. The number of carbonyl (C=O) groups excluding carboxylic acids is 1. The van der Waals surface area contributed by atoms with Crippen LogP contribution in [-0.4, -0.2) is 18.3 Å². The first-order valence-corrected chi connectivity index (χ1v) is 8.67. The third kappa shape index (κ3) is 3.59. The standard InChI is InChI=1S/C11H11ClI3NO/c1-3-16(4-2)10-7(14)5-6(13)8(9(10)15)11(12)17/h5H,3-4H2,1-2H3. The van der Waals surface area contributed by atoms with E-state index in [1.165, 1.54) is 0 Å². The molecule has 0 saturated heterocycles. The van der Waals surface area contributed by atoms with Crippen LogP contribution in [0.1, 0.15) is 24.2 Å². The van der Waals surface area contributed by atoms with Gasteiger partial charge in [0.1, 0.15) is 0 Å². The lowest BCUT2D eigenvalue weighted by atomic mass is 10.2. The monoisotopic (exact) mass is 589 g/mol. The van der Waals surface area contributed by atoms with Crippen LogP contribution in [0.25, 0.3) is 0 Å². The van der Waals surface area contributed by atoms with E-state index in [2.05, 4.69) is 86.5 Å². The van der Waals surface area contributed by atoms with Gasteiger partial charge in [-0.25, -0.2) is 0 Å². The van der Waals surface area contributed by atoms with Crippen molar-refractivity contribution in [2.75, 3.05) is 18.0 Å². The van der Waals surface area contributed by atoms with Gasteiger partial charge in [-0.2, -0.15) is 0 Å². The van der Waals surface area contributed by atoms with E-state index >= 15 is 0 Å². The van der Waals surface area contributed by atoms with Gasteiger partial charge in [0.05, 0.1) is 14.8 Å². The quantitative estimate of drug-likeness (QED) is 0.375. The van der Waals surface area contributed by atoms with Crippen LogP contribution in [0.5, 0.6) is 0 Å². The van der Waals surface area contributed by atoms with E-state index in [1.807, 2.05) is 6.07 Å². The molecular formula is C11H11ClI3NO. The SMILES string of the molecule is CCN(CC)c1c(I)cc(I)c(C(=O)Cl)c1I. The highest BCUT2D eigenvalue weighted by atomic mass is 127. The molecule has 1 rings (SSSR count). The Morgan fingerprint density at radius 2 is 1.76 bits per heavy atom. The fraction of sp³-hybridized carbons (Fsp3) is 0.364. The van der Waals surface area contributed by atoms with E-state index in [1.54, 1.807) is 0 Å². The molecule has 0 bridgehead atoms. The molecule has 0 spiro atoms. The lowest BCUT2D eigenvalue weighted by molar-refractivity contribution is 0.108. The van der Waals surface area contributed by atoms with Gasteiger partial charge in [-0.1, -0.05) is 0 Å². The lowest BCUT2D eigenvalue weighted by Crippen LogP contribution is -2.25. The van der Waals surface area contributed by atoms with Crippen LogP contribution in [0.3, 0.4) is 0 Å². The van der Waals surface area contributed by atoms with Gasteiger partial charge in [0.15, 0.2) is 0 Å². The first-order chi connectivity index (χ1) is 7.93. The third-order valence-corrected chi connectivity index (χ3v) is 5.33. The summed E-state index contributed by atoms with van der Waals surface area (Å²) in [5.41, 5.74) is 1.73.